The monoisotopic (exact) mass is 428 g/mol. The lowest BCUT2D eigenvalue weighted by atomic mass is 10.2. The highest BCUT2D eigenvalue weighted by atomic mass is 32.2. The molecular formula is C20H21FN6O2S. The van der Waals surface area contributed by atoms with Gasteiger partial charge in [0, 0.05) is 17.9 Å². The molecule has 0 atom stereocenters. The van der Waals surface area contributed by atoms with E-state index in [1.54, 1.807) is 23.6 Å². The molecule has 0 bridgehead atoms. The summed E-state index contributed by atoms with van der Waals surface area (Å²) in [6.45, 7) is 6.07. The summed E-state index contributed by atoms with van der Waals surface area (Å²) < 4.78 is 16.5. The molecule has 8 nitrogen and oxygen atoms in total. The molecule has 30 heavy (non-hydrogen) atoms. The molecule has 0 aliphatic carbocycles. The van der Waals surface area contributed by atoms with Gasteiger partial charge in [-0.15, -0.1) is 5.10 Å². The van der Waals surface area contributed by atoms with Crippen LogP contribution in [-0.4, -0.2) is 31.0 Å². The predicted molar refractivity (Wildman–Crippen MR) is 112 cm³/mol. The highest BCUT2D eigenvalue weighted by Crippen LogP contribution is 2.30. The van der Waals surface area contributed by atoms with Crippen LogP contribution in [0.25, 0.3) is 5.69 Å². The third-order valence-corrected chi connectivity index (χ3v) is 5.65. The third kappa shape index (κ3) is 4.16. The van der Waals surface area contributed by atoms with Gasteiger partial charge in [-0.05, 0) is 50.1 Å². The lowest BCUT2D eigenvalue weighted by Gasteiger charge is -2.13. The van der Waals surface area contributed by atoms with Gasteiger partial charge in [-0.25, -0.2) is 14.3 Å². The number of hydrogen-bond donors (Lipinski definition) is 2. The number of aromatic nitrogens is 4. The number of anilines is 1. The zero-order valence-corrected chi connectivity index (χ0v) is 17.6. The first kappa shape index (κ1) is 21.4. The first-order chi connectivity index (χ1) is 14.4. The molecule has 156 valence electrons. The Hall–Kier alpha value is -3.32. The van der Waals surface area contributed by atoms with Crippen molar-refractivity contribution in [2.75, 3.05) is 11.1 Å². The summed E-state index contributed by atoms with van der Waals surface area (Å²) in [5, 5.41) is 19.2. The Balaban J connectivity index is 1.86. The number of nitrogens with zero attached hydrogens (tertiary/aromatic N) is 4. The minimum atomic E-state index is -0.375. The van der Waals surface area contributed by atoms with Crippen molar-refractivity contribution in [3.8, 4) is 11.8 Å². The Morgan fingerprint density at radius 1 is 1.33 bits per heavy atom. The van der Waals surface area contributed by atoms with Crippen LogP contribution in [0.3, 0.4) is 0 Å². The first-order valence-electron chi connectivity index (χ1n) is 9.33. The van der Waals surface area contributed by atoms with Crippen LogP contribution in [0.5, 0.6) is 0 Å². The molecule has 2 aromatic heterocycles. The van der Waals surface area contributed by atoms with E-state index < -0.39 is 0 Å². The van der Waals surface area contributed by atoms with Crippen molar-refractivity contribution >= 4 is 23.5 Å². The van der Waals surface area contributed by atoms with Crippen molar-refractivity contribution in [1.82, 2.24) is 19.3 Å². The molecule has 3 rings (SSSR count). The van der Waals surface area contributed by atoms with Crippen LogP contribution in [0, 0.1) is 31.0 Å². The molecule has 0 fully saturated rings. The van der Waals surface area contributed by atoms with E-state index in [2.05, 4.69) is 21.6 Å². The molecule has 0 unspecified atom stereocenters. The van der Waals surface area contributed by atoms with Crippen LogP contribution in [0.2, 0.25) is 0 Å². The number of hydrogen-bond acceptors (Lipinski definition) is 5. The molecule has 0 spiro atoms. The Kier molecular flexibility index (Phi) is 6.42. The summed E-state index contributed by atoms with van der Waals surface area (Å²) in [4.78, 5) is 24.4. The summed E-state index contributed by atoms with van der Waals surface area (Å²) in [6.07, 6.45) is 0.758. The second kappa shape index (κ2) is 9.00. The van der Waals surface area contributed by atoms with Gasteiger partial charge in [-0.2, -0.15) is 5.26 Å². The summed E-state index contributed by atoms with van der Waals surface area (Å²) in [6, 6.07) is 7.95. The zero-order chi connectivity index (χ0) is 21.8. The van der Waals surface area contributed by atoms with Crippen LogP contribution in [0.4, 0.5) is 10.2 Å². The van der Waals surface area contributed by atoms with Crippen molar-refractivity contribution < 1.29 is 9.18 Å². The van der Waals surface area contributed by atoms with Gasteiger partial charge >= 0.3 is 5.69 Å². The molecule has 1 aromatic carbocycles. The largest absolute Gasteiger partial charge is 0.343 e. The number of rotatable bonds is 7. The number of amides is 1. The summed E-state index contributed by atoms with van der Waals surface area (Å²) in [5.74, 6) is -0.389. The third-order valence-electron chi connectivity index (χ3n) is 4.67. The normalized spacial score (nSPS) is 10.8. The summed E-state index contributed by atoms with van der Waals surface area (Å²) in [5.41, 5.74) is 2.16. The fraction of sp³-hybridized carbons (Fsp3) is 0.300. The second-order valence-electron chi connectivity index (χ2n) is 6.66. The predicted octanol–water partition coefficient (Wildman–Crippen LogP) is 3.13. The van der Waals surface area contributed by atoms with Gasteiger partial charge in [0.15, 0.2) is 5.16 Å². The van der Waals surface area contributed by atoms with E-state index in [1.807, 2.05) is 13.8 Å². The van der Waals surface area contributed by atoms with Gasteiger partial charge in [0.05, 0.1) is 11.3 Å². The molecule has 0 radical (unpaired) electrons. The van der Waals surface area contributed by atoms with E-state index in [1.165, 1.54) is 16.7 Å². The number of nitrogens with one attached hydrogen (secondary N) is 2. The van der Waals surface area contributed by atoms with E-state index >= 15 is 0 Å². The maximum Gasteiger partial charge on any atom is 0.343 e. The highest BCUT2D eigenvalue weighted by Gasteiger charge is 2.21. The van der Waals surface area contributed by atoms with E-state index in [0.29, 0.717) is 28.8 Å². The average Bonchev–Trinajstić information content (AvgIpc) is 3.18. The van der Waals surface area contributed by atoms with Gasteiger partial charge in [0.2, 0.25) is 5.91 Å². The summed E-state index contributed by atoms with van der Waals surface area (Å²) in [7, 11) is 0. The average molecular weight is 428 g/mol. The second-order valence-corrected chi connectivity index (χ2v) is 7.60. The van der Waals surface area contributed by atoms with Crippen molar-refractivity contribution in [3.63, 3.8) is 0 Å². The molecule has 0 saturated carbocycles. The lowest BCUT2D eigenvalue weighted by Crippen LogP contribution is -2.20. The van der Waals surface area contributed by atoms with Crippen molar-refractivity contribution in [1.29, 1.82) is 5.26 Å². The van der Waals surface area contributed by atoms with Gasteiger partial charge in [0.25, 0.3) is 0 Å². The van der Waals surface area contributed by atoms with Crippen molar-refractivity contribution in [2.24, 2.45) is 0 Å². The molecule has 0 aliphatic heterocycles. The van der Waals surface area contributed by atoms with Crippen molar-refractivity contribution in [3.05, 3.63) is 57.4 Å². The minimum Gasteiger partial charge on any atom is -0.310 e. The Morgan fingerprint density at radius 2 is 2.03 bits per heavy atom. The van der Waals surface area contributed by atoms with Gasteiger partial charge in [0.1, 0.15) is 17.7 Å². The number of carbonyl (C=O) groups excluding carboxylic acids is 1. The van der Waals surface area contributed by atoms with Gasteiger partial charge in [-0.1, -0.05) is 18.7 Å². The van der Waals surface area contributed by atoms with Crippen LogP contribution in [0.15, 0.2) is 34.2 Å². The number of halogens is 1. The number of nitriles is 1. The molecule has 1 amide bonds. The van der Waals surface area contributed by atoms with Crippen LogP contribution in [0.1, 0.15) is 30.2 Å². The molecule has 0 saturated heterocycles. The molecule has 2 N–H and O–H groups in total. The lowest BCUT2D eigenvalue weighted by molar-refractivity contribution is -0.113. The maximum absolute atomic E-state index is 13.3. The molecule has 0 aliphatic rings. The Labute approximate surface area is 176 Å². The standard InChI is InChI=1S/C20H21FN6O2S/c1-4-9-26-19(29)24-25-20(26)30-11-17(28)23-18-16(10-22)12(2)13(3)27(18)15-7-5-14(21)6-8-15/h5-8H,4,9,11H2,1-3H3,(H,23,28)(H,24,29). The quantitative estimate of drug-likeness (QED) is 0.562. The van der Waals surface area contributed by atoms with E-state index in [9.17, 15) is 19.2 Å². The smallest absolute Gasteiger partial charge is 0.310 e. The molecule has 2 heterocycles. The zero-order valence-electron chi connectivity index (χ0n) is 16.8. The van der Waals surface area contributed by atoms with Crippen LogP contribution in [-0.2, 0) is 11.3 Å². The topological polar surface area (TPSA) is 108 Å². The first-order valence-corrected chi connectivity index (χ1v) is 10.3. The molecule has 3 aromatic rings. The Bertz CT molecular complexity index is 1170. The minimum absolute atomic E-state index is 0.00553. The fourth-order valence-electron chi connectivity index (χ4n) is 3.11. The van der Waals surface area contributed by atoms with Crippen molar-refractivity contribution in [2.45, 2.75) is 38.9 Å². The highest BCUT2D eigenvalue weighted by molar-refractivity contribution is 7.99. The number of H-pyrrole nitrogens is 1. The number of thioether (sulfide) groups is 1. The summed E-state index contributed by atoms with van der Waals surface area (Å²) >= 11 is 1.13. The Morgan fingerprint density at radius 3 is 2.67 bits per heavy atom. The van der Waals surface area contributed by atoms with E-state index in [4.69, 9.17) is 0 Å². The van der Waals surface area contributed by atoms with E-state index in [-0.39, 0.29) is 23.2 Å². The SMILES string of the molecule is CCCn1c(SCC(=O)Nc2c(C#N)c(C)c(C)n2-c2ccc(F)cc2)n[nH]c1=O. The number of benzene rings is 1. The van der Waals surface area contributed by atoms with Gasteiger partial charge in [-0.3, -0.25) is 13.9 Å². The number of carbonyl (C=O) groups is 1. The maximum atomic E-state index is 13.3. The van der Waals surface area contributed by atoms with Crippen LogP contribution >= 0.6 is 11.8 Å². The fourth-order valence-corrected chi connectivity index (χ4v) is 3.88. The molecule has 10 heteroatoms. The van der Waals surface area contributed by atoms with Gasteiger partial charge < -0.3 is 5.32 Å². The van der Waals surface area contributed by atoms with E-state index in [0.717, 1.165) is 29.4 Å². The number of aromatic amines is 1. The van der Waals surface area contributed by atoms with Crippen LogP contribution < -0.4 is 11.0 Å². The molecular weight excluding hydrogens is 407 g/mol.